The zero-order valence-corrected chi connectivity index (χ0v) is 13.9. The van der Waals surface area contributed by atoms with Crippen LogP contribution in [0.3, 0.4) is 0 Å². The highest BCUT2D eigenvalue weighted by molar-refractivity contribution is 5.25. The van der Waals surface area contributed by atoms with Crippen molar-refractivity contribution in [3.05, 3.63) is 90.5 Å². The minimum absolute atomic E-state index is 0.420. The highest BCUT2D eigenvalue weighted by Gasteiger charge is 2.31. The fourth-order valence-corrected chi connectivity index (χ4v) is 3.51. The number of H-pyrrole nitrogens is 1. The van der Waals surface area contributed by atoms with E-state index in [9.17, 15) is 0 Å². The summed E-state index contributed by atoms with van der Waals surface area (Å²) in [5.41, 5.74) is 2.80. The van der Waals surface area contributed by atoms with Crippen LogP contribution in [0.15, 0.2) is 79.4 Å². The second-order valence-electron chi connectivity index (χ2n) is 6.50. The quantitative estimate of drug-likeness (QED) is 0.646. The number of hydrogen-bond donors (Lipinski definition) is 1. The van der Waals surface area contributed by atoms with Crippen molar-refractivity contribution in [3.63, 3.8) is 0 Å². The molecule has 2 heteroatoms. The molecule has 0 bridgehead atoms. The highest BCUT2D eigenvalue weighted by atomic mass is 15.1. The van der Waals surface area contributed by atoms with Gasteiger partial charge in [-0.2, -0.15) is 0 Å². The Balaban J connectivity index is 2.00. The van der Waals surface area contributed by atoms with Crippen LogP contribution in [-0.4, -0.2) is 4.98 Å². The Hall–Kier alpha value is -2.35. The fourth-order valence-electron chi connectivity index (χ4n) is 3.51. The molecule has 0 saturated heterocycles. The number of nitrogens with one attached hydrogen (secondary N) is 1. The normalized spacial score (nSPS) is 13.9. The molecular formula is C21H25N2+. The first-order chi connectivity index (χ1) is 11.3. The van der Waals surface area contributed by atoms with Gasteiger partial charge < -0.3 is 0 Å². The lowest BCUT2D eigenvalue weighted by molar-refractivity contribution is -0.731. The van der Waals surface area contributed by atoms with Crippen molar-refractivity contribution in [1.82, 2.24) is 4.98 Å². The monoisotopic (exact) mass is 305 g/mol. The number of hydrogen-bond acceptors (Lipinski definition) is 0. The molecule has 1 heterocycles. The molecule has 118 valence electrons. The van der Waals surface area contributed by atoms with E-state index in [1.807, 2.05) is 6.20 Å². The summed E-state index contributed by atoms with van der Waals surface area (Å²) in [6, 6.07) is 22.1. The van der Waals surface area contributed by atoms with Crippen molar-refractivity contribution in [2.45, 2.75) is 32.2 Å². The van der Waals surface area contributed by atoms with E-state index in [1.54, 1.807) is 0 Å². The van der Waals surface area contributed by atoms with Gasteiger partial charge in [0.15, 0.2) is 0 Å². The minimum Gasteiger partial charge on any atom is -0.250 e. The summed E-state index contributed by atoms with van der Waals surface area (Å²) in [5.74, 6) is 0.990. The first-order valence-electron chi connectivity index (χ1n) is 8.38. The molecular weight excluding hydrogens is 280 g/mol. The molecule has 2 atom stereocenters. The summed E-state index contributed by atoms with van der Waals surface area (Å²) in [6.45, 7) is 4.62. The van der Waals surface area contributed by atoms with Gasteiger partial charge in [-0.05, 0) is 23.5 Å². The average Bonchev–Trinajstić information content (AvgIpc) is 3.10. The smallest absolute Gasteiger partial charge is 0.241 e. The summed E-state index contributed by atoms with van der Waals surface area (Å²) in [7, 11) is 0. The van der Waals surface area contributed by atoms with Gasteiger partial charge in [0.2, 0.25) is 6.33 Å². The van der Waals surface area contributed by atoms with Crippen molar-refractivity contribution < 1.29 is 4.57 Å². The van der Waals surface area contributed by atoms with Crippen molar-refractivity contribution in [2.75, 3.05) is 0 Å². The first kappa shape index (κ1) is 15.5. The van der Waals surface area contributed by atoms with Crippen LogP contribution in [0.2, 0.25) is 0 Å². The molecule has 3 aromatic rings. The summed E-state index contributed by atoms with van der Waals surface area (Å²) in [6.07, 6.45) is 7.27. The second kappa shape index (κ2) is 7.28. The molecule has 0 radical (unpaired) electrons. The van der Waals surface area contributed by atoms with Gasteiger partial charge in [0.25, 0.3) is 0 Å². The first-order valence-corrected chi connectivity index (χ1v) is 8.38. The van der Waals surface area contributed by atoms with E-state index in [-0.39, 0.29) is 0 Å². The van der Waals surface area contributed by atoms with Gasteiger partial charge in [-0.15, -0.1) is 0 Å². The lowest BCUT2D eigenvalue weighted by Gasteiger charge is -2.28. The molecule has 2 aromatic carbocycles. The van der Waals surface area contributed by atoms with Gasteiger partial charge in [-0.25, -0.2) is 4.57 Å². The van der Waals surface area contributed by atoms with E-state index in [2.05, 4.69) is 96.6 Å². The molecule has 3 rings (SSSR count). The Bertz CT molecular complexity index is 687. The number of rotatable bonds is 6. The molecule has 0 spiro atoms. The molecule has 2 nitrogen and oxygen atoms in total. The third-order valence-corrected chi connectivity index (χ3v) is 4.53. The largest absolute Gasteiger partial charge is 0.250 e. The SMILES string of the molecule is CC(C)C(C(Cc1ccccc1)c1ccccc1)[n+]1cc[nH]c1. The summed E-state index contributed by atoms with van der Waals surface area (Å²) < 4.78 is 2.32. The molecule has 2 unspecified atom stereocenters. The Morgan fingerprint density at radius 1 is 0.913 bits per heavy atom. The maximum Gasteiger partial charge on any atom is 0.241 e. The van der Waals surface area contributed by atoms with Crippen LogP contribution in [0.1, 0.15) is 36.9 Å². The average molecular weight is 305 g/mol. The van der Waals surface area contributed by atoms with Gasteiger partial charge in [0.05, 0.1) is 0 Å². The van der Waals surface area contributed by atoms with Crippen LogP contribution in [0.5, 0.6) is 0 Å². The summed E-state index contributed by atoms with van der Waals surface area (Å²) >= 11 is 0. The number of nitrogens with zero attached hydrogens (tertiary/aromatic N) is 1. The van der Waals surface area contributed by atoms with Crippen molar-refractivity contribution in [2.24, 2.45) is 5.92 Å². The minimum atomic E-state index is 0.420. The van der Waals surface area contributed by atoms with Crippen LogP contribution in [0, 0.1) is 5.92 Å². The highest BCUT2D eigenvalue weighted by Crippen LogP contribution is 2.33. The van der Waals surface area contributed by atoms with Gasteiger partial charge in [0.1, 0.15) is 18.4 Å². The van der Waals surface area contributed by atoms with E-state index >= 15 is 0 Å². The Morgan fingerprint density at radius 2 is 1.57 bits per heavy atom. The van der Waals surface area contributed by atoms with Gasteiger partial charge >= 0.3 is 0 Å². The fraction of sp³-hybridized carbons (Fsp3) is 0.286. The lowest BCUT2D eigenvalue weighted by Crippen LogP contribution is -2.44. The maximum absolute atomic E-state index is 3.20. The zero-order valence-electron chi connectivity index (χ0n) is 13.9. The van der Waals surface area contributed by atoms with Crippen molar-refractivity contribution >= 4 is 0 Å². The predicted molar refractivity (Wildman–Crippen MR) is 94.2 cm³/mol. The molecule has 0 aliphatic heterocycles. The van der Waals surface area contributed by atoms with Crippen molar-refractivity contribution in [1.29, 1.82) is 0 Å². The van der Waals surface area contributed by atoms with Gasteiger partial charge in [0, 0.05) is 5.92 Å². The Labute approximate surface area is 138 Å². The van der Waals surface area contributed by atoms with Crippen LogP contribution in [0.25, 0.3) is 0 Å². The van der Waals surface area contributed by atoms with E-state index in [0.29, 0.717) is 17.9 Å². The number of benzene rings is 2. The maximum atomic E-state index is 3.20. The third-order valence-electron chi connectivity index (χ3n) is 4.53. The Morgan fingerprint density at radius 3 is 2.13 bits per heavy atom. The third kappa shape index (κ3) is 3.70. The van der Waals surface area contributed by atoms with Crippen LogP contribution in [-0.2, 0) is 6.42 Å². The van der Waals surface area contributed by atoms with Gasteiger partial charge in [-0.3, -0.25) is 4.98 Å². The number of imidazole rings is 1. The molecule has 0 aliphatic carbocycles. The predicted octanol–water partition coefficient (Wildman–Crippen LogP) is 4.53. The van der Waals surface area contributed by atoms with E-state index < -0.39 is 0 Å². The second-order valence-corrected chi connectivity index (χ2v) is 6.50. The van der Waals surface area contributed by atoms with Crippen LogP contribution >= 0.6 is 0 Å². The standard InChI is InChI=1S/C21H24N2/c1-17(2)21(23-14-13-22-16-23)20(19-11-7-4-8-12-19)15-18-9-5-3-6-10-18/h3-14,16-17,20-21H,15H2,1-2H3/p+1. The van der Waals surface area contributed by atoms with Gasteiger partial charge in [-0.1, -0.05) is 74.5 Å². The van der Waals surface area contributed by atoms with Crippen LogP contribution < -0.4 is 4.57 Å². The Kier molecular flexibility index (Phi) is 4.92. The van der Waals surface area contributed by atoms with Crippen LogP contribution in [0.4, 0.5) is 0 Å². The molecule has 1 N–H and O–H groups in total. The van der Waals surface area contributed by atoms with E-state index in [4.69, 9.17) is 0 Å². The molecule has 0 aliphatic rings. The molecule has 0 saturated carbocycles. The molecule has 0 amide bonds. The summed E-state index contributed by atoms with van der Waals surface area (Å²) in [5, 5.41) is 0. The zero-order chi connectivity index (χ0) is 16.1. The topological polar surface area (TPSA) is 19.7 Å². The molecule has 1 aromatic heterocycles. The summed E-state index contributed by atoms with van der Waals surface area (Å²) in [4.78, 5) is 3.20. The number of aromatic amines is 1. The molecule has 0 fully saturated rings. The molecule has 23 heavy (non-hydrogen) atoms. The van der Waals surface area contributed by atoms with Crippen molar-refractivity contribution in [3.8, 4) is 0 Å². The number of aromatic nitrogens is 2. The van der Waals surface area contributed by atoms with E-state index in [0.717, 1.165) is 6.42 Å². The van der Waals surface area contributed by atoms with E-state index in [1.165, 1.54) is 11.1 Å². The lowest BCUT2D eigenvalue weighted by atomic mass is 9.81.